The van der Waals surface area contributed by atoms with E-state index < -0.39 is 0 Å². The van der Waals surface area contributed by atoms with E-state index in [9.17, 15) is 4.39 Å². The minimum absolute atomic E-state index is 0.296. The van der Waals surface area contributed by atoms with Crippen molar-refractivity contribution >= 4 is 15.9 Å². The summed E-state index contributed by atoms with van der Waals surface area (Å²) in [5.74, 6) is 0.617. The van der Waals surface area contributed by atoms with Crippen LogP contribution in [0.25, 0.3) is 11.4 Å². The average Bonchev–Trinajstić information content (AvgIpc) is 2.87. The molecule has 1 aromatic heterocycles. The zero-order valence-electron chi connectivity index (χ0n) is 10.8. The van der Waals surface area contributed by atoms with Crippen molar-refractivity contribution in [1.82, 2.24) is 15.5 Å². The largest absolute Gasteiger partial charge is 0.339 e. The summed E-state index contributed by atoms with van der Waals surface area (Å²) >= 11 is 3.35. The number of benzene rings is 1. The van der Waals surface area contributed by atoms with Gasteiger partial charge in [-0.2, -0.15) is 4.98 Å². The maximum Gasteiger partial charge on any atom is 0.228 e. The molecule has 4 nitrogen and oxygen atoms in total. The highest BCUT2D eigenvalue weighted by Crippen LogP contribution is 2.26. The van der Waals surface area contributed by atoms with E-state index in [1.54, 1.807) is 6.07 Å². The molecule has 1 heterocycles. The minimum Gasteiger partial charge on any atom is -0.339 e. The molecule has 1 unspecified atom stereocenters. The van der Waals surface area contributed by atoms with E-state index in [2.05, 4.69) is 38.3 Å². The molecule has 1 aromatic carbocycles. The van der Waals surface area contributed by atoms with Crippen LogP contribution in [0.2, 0.25) is 0 Å². The second-order valence-electron chi connectivity index (χ2n) is 4.23. The topological polar surface area (TPSA) is 51.0 Å². The van der Waals surface area contributed by atoms with Gasteiger partial charge in [0.25, 0.3) is 0 Å². The van der Waals surface area contributed by atoms with Crippen LogP contribution in [0.4, 0.5) is 4.39 Å². The Morgan fingerprint density at radius 2 is 2.26 bits per heavy atom. The van der Waals surface area contributed by atoms with Gasteiger partial charge in [-0.05, 0) is 31.7 Å². The summed E-state index contributed by atoms with van der Waals surface area (Å²) in [6, 6.07) is 4.68. The van der Waals surface area contributed by atoms with E-state index in [-0.39, 0.29) is 5.82 Å². The maximum atomic E-state index is 13.2. The lowest BCUT2D eigenvalue weighted by molar-refractivity contribution is 0.359. The Balaban J connectivity index is 2.23. The number of likely N-dealkylation sites (N-methyl/N-ethyl adjacent to an activating group) is 1. The van der Waals surface area contributed by atoms with E-state index in [1.165, 1.54) is 12.1 Å². The number of rotatable bonds is 5. The number of aromatic nitrogens is 2. The summed E-state index contributed by atoms with van der Waals surface area (Å²) < 4.78 is 19.2. The Labute approximate surface area is 119 Å². The summed E-state index contributed by atoms with van der Waals surface area (Å²) in [5.41, 5.74) is 0.590. The molecule has 0 aliphatic rings. The van der Waals surface area contributed by atoms with Crippen LogP contribution in [-0.2, 0) is 6.42 Å². The third-order valence-electron chi connectivity index (χ3n) is 2.96. The first kappa shape index (κ1) is 14.1. The lowest BCUT2D eigenvalue weighted by Gasteiger charge is -2.09. The molecular weight excluding hydrogens is 313 g/mol. The first-order valence-electron chi connectivity index (χ1n) is 6.09. The lowest BCUT2D eigenvalue weighted by Crippen LogP contribution is -2.26. The Kier molecular flexibility index (Phi) is 4.66. The van der Waals surface area contributed by atoms with Crippen molar-refractivity contribution in [3.63, 3.8) is 0 Å². The highest BCUT2D eigenvalue weighted by molar-refractivity contribution is 9.10. The second-order valence-corrected chi connectivity index (χ2v) is 5.09. The Hall–Kier alpha value is -1.27. The first-order chi connectivity index (χ1) is 9.13. The normalized spacial score (nSPS) is 12.6. The van der Waals surface area contributed by atoms with Crippen molar-refractivity contribution in [2.45, 2.75) is 25.8 Å². The van der Waals surface area contributed by atoms with Gasteiger partial charge in [-0.3, -0.25) is 0 Å². The average molecular weight is 328 g/mol. The first-order valence-corrected chi connectivity index (χ1v) is 6.88. The third kappa shape index (κ3) is 3.39. The van der Waals surface area contributed by atoms with Gasteiger partial charge in [0.05, 0.1) is 0 Å². The molecule has 0 saturated heterocycles. The van der Waals surface area contributed by atoms with Crippen LogP contribution in [0.3, 0.4) is 0 Å². The fraction of sp³-hybridized carbons (Fsp3) is 0.385. The summed E-state index contributed by atoms with van der Waals surface area (Å²) in [6.07, 6.45) is 1.63. The summed E-state index contributed by atoms with van der Waals surface area (Å²) in [7, 11) is 1.90. The number of nitrogens with zero attached hydrogens (tertiary/aromatic N) is 2. The van der Waals surface area contributed by atoms with Crippen LogP contribution in [0.5, 0.6) is 0 Å². The summed E-state index contributed by atoms with van der Waals surface area (Å²) in [6.45, 7) is 2.08. The Morgan fingerprint density at radius 1 is 1.47 bits per heavy atom. The molecule has 102 valence electrons. The number of nitrogens with one attached hydrogen (secondary N) is 1. The molecule has 0 aliphatic heterocycles. The van der Waals surface area contributed by atoms with E-state index >= 15 is 0 Å². The van der Waals surface area contributed by atoms with E-state index in [0.29, 0.717) is 29.7 Å². The molecule has 1 atom stereocenters. The molecule has 0 amide bonds. The predicted octanol–water partition coefficient (Wildman–Crippen LogP) is 3.18. The maximum absolute atomic E-state index is 13.2. The number of halogens is 2. The molecular formula is C13H15BrFN3O. The van der Waals surface area contributed by atoms with Gasteiger partial charge in [0.2, 0.25) is 11.7 Å². The van der Waals surface area contributed by atoms with Crippen molar-refractivity contribution in [2.24, 2.45) is 0 Å². The van der Waals surface area contributed by atoms with Crippen LogP contribution >= 0.6 is 15.9 Å². The van der Waals surface area contributed by atoms with Crippen molar-refractivity contribution in [3.05, 3.63) is 34.4 Å². The Bertz CT molecular complexity index is 555. The molecule has 19 heavy (non-hydrogen) atoms. The highest BCUT2D eigenvalue weighted by atomic mass is 79.9. The lowest BCUT2D eigenvalue weighted by atomic mass is 10.1. The van der Waals surface area contributed by atoms with Crippen molar-refractivity contribution in [3.8, 4) is 11.4 Å². The van der Waals surface area contributed by atoms with E-state index in [0.717, 1.165) is 10.9 Å². The van der Waals surface area contributed by atoms with Crippen molar-refractivity contribution in [2.75, 3.05) is 7.05 Å². The molecule has 6 heteroatoms. The zero-order valence-corrected chi connectivity index (χ0v) is 12.4. The zero-order chi connectivity index (χ0) is 13.8. The van der Waals surface area contributed by atoms with Crippen LogP contribution in [0, 0.1) is 5.82 Å². The standard InChI is InChI=1S/C13H15BrFN3O/c1-3-9(16-2)7-12-17-13(18-19-12)10-6-8(15)4-5-11(10)14/h4-6,9,16H,3,7H2,1-2H3. The highest BCUT2D eigenvalue weighted by Gasteiger charge is 2.15. The van der Waals surface area contributed by atoms with Gasteiger partial charge in [0.1, 0.15) is 5.82 Å². The van der Waals surface area contributed by atoms with Gasteiger partial charge in [-0.1, -0.05) is 28.0 Å². The van der Waals surface area contributed by atoms with Crippen LogP contribution in [0.1, 0.15) is 19.2 Å². The smallest absolute Gasteiger partial charge is 0.228 e. The molecule has 0 saturated carbocycles. The number of hydrogen-bond donors (Lipinski definition) is 1. The quantitative estimate of drug-likeness (QED) is 0.916. The Morgan fingerprint density at radius 3 is 2.95 bits per heavy atom. The second kappa shape index (κ2) is 6.25. The fourth-order valence-corrected chi connectivity index (χ4v) is 2.20. The van der Waals surface area contributed by atoms with Crippen LogP contribution in [-0.4, -0.2) is 23.2 Å². The van der Waals surface area contributed by atoms with Gasteiger partial charge < -0.3 is 9.84 Å². The van der Waals surface area contributed by atoms with Crippen molar-refractivity contribution < 1.29 is 8.91 Å². The van der Waals surface area contributed by atoms with Gasteiger partial charge in [-0.25, -0.2) is 4.39 Å². The van der Waals surface area contributed by atoms with Gasteiger partial charge in [-0.15, -0.1) is 0 Å². The summed E-state index contributed by atoms with van der Waals surface area (Å²) in [5, 5.41) is 7.07. The van der Waals surface area contributed by atoms with Gasteiger partial charge >= 0.3 is 0 Å². The molecule has 2 rings (SSSR count). The molecule has 0 fully saturated rings. The molecule has 0 bridgehead atoms. The molecule has 0 radical (unpaired) electrons. The third-order valence-corrected chi connectivity index (χ3v) is 3.65. The predicted molar refractivity (Wildman–Crippen MR) is 74.2 cm³/mol. The van der Waals surface area contributed by atoms with Gasteiger partial charge in [0.15, 0.2) is 0 Å². The molecule has 0 aliphatic carbocycles. The minimum atomic E-state index is -0.328. The van der Waals surface area contributed by atoms with Crippen LogP contribution < -0.4 is 5.32 Å². The van der Waals surface area contributed by atoms with Crippen LogP contribution in [0.15, 0.2) is 27.2 Å². The van der Waals surface area contributed by atoms with Gasteiger partial charge in [0, 0.05) is 22.5 Å². The molecule has 1 N–H and O–H groups in total. The molecule has 2 aromatic rings. The fourth-order valence-electron chi connectivity index (χ4n) is 1.78. The number of hydrogen-bond acceptors (Lipinski definition) is 4. The SMILES string of the molecule is CCC(Cc1nc(-c2cc(F)ccc2Br)no1)NC. The van der Waals surface area contributed by atoms with E-state index in [1.807, 2.05) is 7.05 Å². The monoisotopic (exact) mass is 327 g/mol. The van der Waals surface area contributed by atoms with Crippen molar-refractivity contribution in [1.29, 1.82) is 0 Å². The molecule has 0 spiro atoms. The summed E-state index contributed by atoms with van der Waals surface area (Å²) in [4.78, 5) is 4.30. The van der Waals surface area contributed by atoms with E-state index in [4.69, 9.17) is 4.52 Å².